The zero-order valence-corrected chi connectivity index (χ0v) is 12.8. The third-order valence-corrected chi connectivity index (χ3v) is 4.42. The number of nitrogens with zero attached hydrogens (tertiary/aromatic N) is 5. The summed E-state index contributed by atoms with van der Waals surface area (Å²) in [5.41, 5.74) is 6.52. The lowest BCUT2D eigenvalue weighted by Gasteiger charge is -2.07. The molecule has 110 valence electrons. The van der Waals surface area contributed by atoms with E-state index in [1.54, 1.807) is 23.7 Å². The summed E-state index contributed by atoms with van der Waals surface area (Å²) in [5, 5.41) is 14.1. The minimum absolute atomic E-state index is 0.627. The molecule has 0 aliphatic rings. The van der Waals surface area contributed by atoms with E-state index >= 15 is 0 Å². The average Bonchev–Trinajstić information content (AvgIpc) is 3.06. The first kappa shape index (κ1) is 14.1. The van der Waals surface area contributed by atoms with Crippen molar-refractivity contribution in [1.82, 2.24) is 24.8 Å². The molecule has 1 atom stereocenters. The van der Waals surface area contributed by atoms with Crippen molar-refractivity contribution >= 4 is 16.3 Å². The lowest BCUT2D eigenvalue weighted by Crippen LogP contribution is -2.06. The molecule has 0 bridgehead atoms. The number of hydrogen-bond donors (Lipinski definition) is 1. The third-order valence-electron chi connectivity index (χ3n) is 3.46. The summed E-state index contributed by atoms with van der Waals surface area (Å²) in [6.45, 7) is 2.98. The molecule has 1 unspecified atom stereocenters. The molecule has 6 nitrogen and oxygen atoms in total. The summed E-state index contributed by atoms with van der Waals surface area (Å²) >= 11 is 1.60. The Labute approximate surface area is 127 Å². The van der Waals surface area contributed by atoms with E-state index in [0.29, 0.717) is 5.92 Å². The van der Waals surface area contributed by atoms with Crippen LogP contribution in [-0.2, 0) is 6.42 Å². The molecule has 0 aliphatic heterocycles. The second kappa shape index (κ2) is 6.28. The molecule has 21 heavy (non-hydrogen) atoms. The van der Waals surface area contributed by atoms with Crippen molar-refractivity contribution in [1.29, 1.82) is 0 Å². The summed E-state index contributed by atoms with van der Waals surface area (Å²) in [6, 6.07) is 3.85. The van der Waals surface area contributed by atoms with E-state index in [9.17, 15) is 0 Å². The smallest absolute Gasteiger partial charge is 0.234 e. The molecule has 0 aliphatic carbocycles. The number of fused-ring (bicyclic) bond motifs is 1. The molecule has 0 radical (unpaired) electrons. The minimum Gasteiger partial charge on any atom is -0.330 e. The van der Waals surface area contributed by atoms with Gasteiger partial charge in [-0.25, -0.2) is 0 Å². The summed E-state index contributed by atoms with van der Waals surface area (Å²) in [6.07, 6.45) is 6.64. The van der Waals surface area contributed by atoms with Crippen LogP contribution in [0.15, 0.2) is 24.5 Å². The monoisotopic (exact) mass is 302 g/mol. The van der Waals surface area contributed by atoms with Gasteiger partial charge in [0.1, 0.15) is 5.01 Å². The molecular weight excluding hydrogens is 284 g/mol. The molecule has 0 aromatic carbocycles. The highest BCUT2D eigenvalue weighted by Crippen LogP contribution is 2.22. The van der Waals surface area contributed by atoms with Gasteiger partial charge in [0.05, 0.1) is 0 Å². The van der Waals surface area contributed by atoms with Crippen molar-refractivity contribution in [3.63, 3.8) is 0 Å². The molecule has 7 heteroatoms. The minimum atomic E-state index is 0.627. The average molecular weight is 302 g/mol. The maximum atomic E-state index is 5.59. The van der Waals surface area contributed by atoms with Gasteiger partial charge >= 0.3 is 0 Å². The van der Waals surface area contributed by atoms with Crippen LogP contribution in [0.5, 0.6) is 0 Å². The second-order valence-corrected chi connectivity index (χ2v) is 6.22. The predicted molar refractivity (Wildman–Crippen MR) is 83.0 cm³/mol. The van der Waals surface area contributed by atoms with Crippen LogP contribution in [0.4, 0.5) is 0 Å². The fourth-order valence-electron chi connectivity index (χ4n) is 2.23. The fraction of sp³-hybridized carbons (Fsp3) is 0.429. The van der Waals surface area contributed by atoms with Crippen molar-refractivity contribution < 1.29 is 0 Å². The molecular formula is C14H18N6S. The van der Waals surface area contributed by atoms with Gasteiger partial charge in [0.15, 0.2) is 5.82 Å². The van der Waals surface area contributed by atoms with Gasteiger partial charge in [0.25, 0.3) is 0 Å². The van der Waals surface area contributed by atoms with E-state index in [1.165, 1.54) is 0 Å². The van der Waals surface area contributed by atoms with Crippen LogP contribution in [0, 0.1) is 5.92 Å². The Bertz CT molecular complexity index is 705. The molecule has 0 amide bonds. The molecule has 0 saturated carbocycles. The Kier molecular flexibility index (Phi) is 4.21. The summed E-state index contributed by atoms with van der Waals surface area (Å²) in [4.78, 5) is 4.95. The Morgan fingerprint density at radius 3 is 3.00 bits per heavy atom. The van der Waals surface area contributed by atoms with Crippen LogP contribution < -0.4 is 5.73 Å². The molecule has 3 aromatic rings. The Hall–Kier alpha value is -1.86. The number of aromatic nitrogens is 5. The van der Waals surface area contributed by atoms with E-state index in [-0.39, 0.29) is 0 Å². The number of rotatable bonds is 6. The zero-order valence-electron chi connectivity index (χ0n) is 11.9. The molecule has 3 rings (SSSR count). The second-order valence-electron chi connectivity index (χ2n) is 5.18. The van der Waals surface area contributed by atoms with E-state index in [1.807, 2.05) is 16.6 Å². The first-order valence-electron chi connectivity index (χ1n) is 7.09. The van der Waals surface area contributed by atoms with Gasteiger partial charge in [0.2, 0.25) is 4.96 Å². The van der Waals surface area contributed by atoms with Crippen molar-refractivity contribution in [3.05, 3.63) is 29.5 Å². The van der Waals surface area contributed by atoms with Crippen LogP contribution in [0.3, 0.4) is 0 Å². The van der Waals surface area contributed by atoms with E-state index in [4.69, 9.17) is 5.73 Å². The van der Waals surface area contributed by atoms with Gasteiger partial charge in [-0.15, -0.1) is 10.2 Å². The molecule has 3 heterocycles. The summed E-state index contributed by atoms with van der Waals surface area (Å²) in [5.74, 6) is 1.37. The SMILES string of the molecule is CC(CCN)CCc1nn2c(-c3cccnc3)nnc2s1. The Morgan fingerprint density at radius 1 is 1.33 bits per heavy atom. The molecule has 3 aromatic heterocycles. The Balaban J connectivity index is 1.80. The molecule has 0 fully saturated rings. The molecule has 2 N–H and O–H groups in total. The van der Waals surface area contributed by atoms with Gasteiger partial charge in [-0.2, -0.15) is 9.61 Å². The summed E-state index contributed by atoms with van der Waals surface area (Å²) in [7, 11) is 0. The topological polar surface area (TPSA) is 82.0 Å². The lowest BCUT2D eigenvalue weighted by atomic mass is 10.0. The van der Waals surface area contributed by atoms with Gasteiger partial charge in [-0.3, -0.25) is 4.98 Å². The van der Waals surface area contributed by atoms with Crippen LogP contribution in [0.1, 0.15) is 24.8 Å². The van der Waals surface area contributed by atoms with Gasteiger partial charge in [-0.05, 0) is 37.4 Å². The lowest BCUT2D eigenvalue weighted by molar-refractivity contribution is 0.498. The summed E-state index contributed by atoms with van der Waals surface area (Å²) < 4.78 is 1.81. The highest BCUT2D eigenvalue weighted by Gasteiger charge is 2.13. The number of hydrogen-bond acceptors (Lipinski definition) is 6. The van der Waals surface area contributed by atoms with Crippen molar-refractivity contribution in [2.24, 2.45) is 11.7 Å². The van der Waals surface area contributed by atoms with Crippen LogP contribution in [0.25, 0.3) is 16.3 Å². The van der Waals surface area contributed by atoms with Crippen molar-refractivity contribution in [2.45, 2.75) is 26.2 Å². The highest BCUT2D eigenvalue weighted by atomic mass is 32.1. The van der Waals surface area contributed by atoms with Gasteiger partial charge in [0, 0.05) is 24.4 Å². The van der Waals surface area contributed by atoms with Crippen molar-refractivity contribution in [3.8, 4) is 11.4 Å². The van der Waals surface area contributed by atoms with Crippen molar-refractivity contribution in [2.75, 3.05) is 6.54 Å². The standard InChI is InChI=1S/C14H18N6S/c1-10(6-7-15)4-5-12-19-20-13(17-18-14(20)21-12)11-3-2-8-16-9-11/h2-3,8-10H,4-7,15H2,1H3. The van der Waals surface area contributed by atoms with Gasteiger partial charge in [-0.1, -0.05) is 18.3 Å². The van der Waals surface area contributed by atoms with Gasteiger partial charge < -0.3 is 5.73 Å². The zero-order chi connectivity index (χ0) is 14.7. The number of nitrogens with two attached hydrogens (primary N) is 1. The van der Waals surface area contributed by atoms with E-state index in [2.05, 4.69) is 27.2 Å². The first-order valence-corrected chi connectivity index (χ1v) is 7.91. The third kappa shape index (κ3) is 3.08. The largest absolute Gasteiger partial charge is 0.330 e. The normalized spacial score (nSPS) is 12.9. The number of aryl methyl sites for hydroxylation is 1. The highest BCUT2D eigenvalue weighted by molar-refractivity contribution is 7.16. The molecule has 0 saturated heterocycles. The van der Waals surface area contributed by atoms with Crippen LogP contribution in [0.2, 0.25) is 0 Å². The Morgan fingerprint density at radius 2 is 2.24 bits per heavy atom. The maximum Gasteiger partial charge on any atom is 0.234 e. The van der Waals surface area contributed by atoms with E-state index < -0.39 is 0 Å². The maximum absolute atomic E-state index is 5.59. The molecule has 0 spiro atoms. The van der Waals surface area contributed by atoms with Crippen LogP contribution in [-0.4, -0.2) is 31.3 Å². The van der Waals surface area contributed by atoms with E-state index in [0.717, 1.165) is 47.2 Å². The predicted octanol–water partition coefficient (Wildman–Crippen LogP) is 2.17. The first-order chi connectivity index (χ1) is 10.3. The fourth-order valence-corrected chi connectivity index (χ4v) is 3.08. The quantitative estimate of drug-likeness (QED) is 0.754. The number of pyridine rings is 1. The van der Waals surface area contributed by atoms with Crippen LogP contribution >= 0.6 is 11.3 Å².